The number of halogens is 1. The van der Waals surface area contributed by atoms with E-state index in [0.717, 1.165) is 5.69 Å². The molecule has 114 valence electrons. The number of anilines is 2. The Hall–Kier alpha value is -2.18. The summed E-state index contributed by atoms with van der Waals surface area (Å²) in [5.41, 5.74) is 1.19. The zero-order valence-electron chi connectivity index (χ0n) is 11.8. The van der Waals surface area contributed by atoms with Crippen molar-refractivity contribution in [1.82, 2.24) is 14.9 Å². The maximum absolute atomic E-state index is 12.2. The number of morpholine rings is 1. The standard InChI is InChI=1S/C15H15ClN4O2/c16-11-1-3-12(4-2-11)19-14-10-17-13(9-18-14)15(21)20-5-7-22-8-6-20/h1-4,9-10H,5-8H2,(H,18,19). The second kappa shape index (κ2) is 6.72. The van der Waals surface area contributed by atoms with Crippen molar-refractivity contribution in [1.29, 1.82) is 0 Å². The molecule has 3 rings (SSSR count). The Morgan fingerprint density at radius 3 is 2.50 bits per heavy atom. The van der Waals surface area contributed by atoms with E-state index in [0.29, 0.717) is 42.8 Å². The molecule has 0 saturated carbocycles. The van der Waals surface area contributed by atoms with Crippen LogP contribution in [0.1, 0.15) is 10.5 Å². The maximum atomic E-state index is 12.2. The average molecular weight is 319 g/mol. The van der Waals surface area contributed by atoms with Crippen molar-refractivity contribution in [2.45, 2.75) is 0 Å². The van der Waals surface area contributed by atoms with E-state index in [1.807, 2.05) is 12.1 Å². The third-order valence-electron chi connectivity index (χ3n) is 3.29. The van der Waals surface area contributed by atoms with Crippen molar-refractivity contribution in [3.8, 4) is 0 Å². The van der Waals surface area contributed by atoms with Crippen molar-refractivity contribution >= 4 is 29.0 Å². The normalized spacial score (nSPS) is 14.7. The lowest BCUT2D eigenvalue weighted by Crippen LogP contribution is -2.41. The van der Waals surface area contributed by atoms with E-state index in [9.17, 15) is 4.79 Å². The molecule has 0 unspecified atom stereocenters. The second-order valence-corrected chi connectivity index (χ2v) is 5.26. The van der Waals surface area contributed by atoms with E-state index in [1.165, 1.54) is 6.20 Å². The highest BCUT2D eigenvalue weighted by Gasteiger charge is 2.19. The summed E-state index contributed by atoms with van der Waals surface area (Å²) in [5, 5.41) is 3.77. The van der Waals surface area contributed by atoms with E-state index in [2.05, 4.69) is 15.3 Å². The van der Waals surface area contributed by atoms with Gasteiger partial charge in [0.1, 0.15) is 11.5 Å². The van der Waals surface area contributed by atoms with Crippen molar-refractivity contribution in [3.63, 3.8) is 0 Å². The predicted octanol–water partition coefficient (Wildman–Crippen LogP) is 2.35. The zero-order chi connectivity index (χ0) is 15.4. The Morgan fingerprint density at radius 1 is 1.14 bits per heavy atom. The molecule has 2 heterocycles. The van der Waals surface area contributed by atoms with Crippen LogP contribution in [0.3, 0.4) is 0 Å². The number of aromatic nitrogens is 2. The molecule has 1 amide bonds. The monoisotopic (exact) mass is 318 g/mol. The summed E-state index contributed by atoms with van der Waals surface area (Å²) < 4.78 is 5.23. The van der Waals surface area contributed by atoms with Gasteiger partial charge < -0.3 is 15.0 Å². The largest absolute Gasteiger partial charge is 0.378 e. The average Bonchev–Trinajstić information content (AvgIpc) is 2.58. The van der Waals surface area contributed by atoms with Gasteiger partial charge >= 0.3 is 0 Å². The number of rotatable bonds is 3. The van der Waals surface area contributed by atoms with Gasteiger partial charge in [0.15, 0.2) is 0 Å². The van der Waals surface area contributed by atoms with Gasteiger partial charge in [-0.2, -0.15) is 0 Å². The van der Waals surface area contributed by atoms with Crippen molar-refractivity contribution in [3.05, 3.63) is 47.4 Å². The first-order valence-corrected chi connectivity index (χ1v) is 7.32. The number of nitrogens with one attached hydrogen (secondary N) is 1. The molecule has 6 nitrogen and oxygen atoms in total. The van der Waals surface area contributed by atoms with Crippen LogP contribution < -0.4 is 5.32 Å². The Morgan fingerprint density at radius 2 is 1.86 bits per heavy atom. The Balaban J connectivity index is 1.66. The highest BCUT2D eigenvalue weighted by molar-refractivity contribution is 6.30. The molecule has 0 aliphatic carbocycles. The minimum absolute atomic E-state index is 0.117. The van der Waals surface area contributed by atoms with E-state index in [-0.39, 0.29) is 5.91 Å². The fourth-order valence-electron chi connectivity index (χ4n) is 2.11. The molecule has 22 heavy (non-hydrogen) atoms. The molecule has 1 fully saturated rings. The smallest absolute Gasteiger partial charge is 0.274 e. The molecule has 0 spiro atoms. The Bertz CT molecular complexity index is 640. The molecule has 7 heteroatoms. The minimum atomic E-state index is -0.117. The van der Waals surface area contributed by atoms with Crippen LogP contribution in [0.2, 0.25) is 5.02 Å². The molecule has 1 aromatic heterocycles. The number of ether oxygens (including phenoxy) is 1. The van der Waals surface area contributed by atoms with Gasteiger partial charge in [-0.05, 0) is 24.3 Å². The first kappa shape index (κ1) is 14.7. The highest BCUT2D eigenvalue weighted by atomic mass is 35.5. The quantitative estimate of drug-likeness (QED) is 0.941. The summed E-state index contributed by atoms with van der Waals surface area (Å²) >= 11 is 5.84. The van der Waals surface area contributed by atoms with Crippen LogP contribution in [0, 0.1) is 0 Å². The van der Waals surface area contributed by atoms with E-state index in [4.69, 9.17) is 16.3 Å². The third-order valence-corrected chi connectivity index (χ3v) is 3.54. The molecule has 0 radical (unpaired) electrons. The van der Waals surface area contributed by atoms with E-state index < -0.39 is 0 Å². The summed E-state index contributed by atoms with van der Waals surface area (Å²) in [4.78, 5) is 22.4. The summed E-state index contributed by atoms with van der Waals surface area (Å²) in [7, 11) is 0. The Labute approximate surface area is 133 Å². The van der Waals surface area contributed by atoms with Gasteiger partial charge in [-0.25, -0.2) is 9.97 Å². The van der Waals surface area contributed by atoms with Gasteiger partial charge in [0.2, 0.25) is 0 Å². The fraction of sp³-hybridized carbons (Fsp3) is 0.267. The van der Waals surface area contributed by atoms with Crippen LogP contribution in [-0.4, -0.2) is 47.1 Å². The van der Waals surface area contributed by atoms with Crippen LogP contribution in [0.25, 0.3) is 0 Å². The maximum Gasteiger partial charge on any atom is 0.274 e. The van der Waals surface area contributed by atoms with Crippen LogP contribution in [0.4, 0.5) is 11.5 Å². The first-order valence-electron chi connectivity index (χ1n) is 6.94. The molecule has 1 aliphatic rings. The Kier molecular flexibility index (Phi) is 4.50. The summed E-state index contributed by atoms with van der Waals surface area (Å²) in [6.45, 7) is 2.31. The fourth-order valence-corrected chi connectivity index (χ4v) is 2.24. The van der Waals surface area contributed by atoms with Crippen molar-refractivity contribution < 1.29 is 9.53 Å². The van der Waals surface area contributed by atoms with Crippen molar-refractivity contribution in [2.75, 3.05) is 31.6 Å². The molecule has 1 aromatic carbocycles. The molecule has 2 aromatic rings. The number of hydrogen-bond donors (Lipinski definition) is 1. The number of carbonyl (C=O) groups is 1. The molecular formula is C15H15ClN4O2. The van der Waals surface area contributed by atoms with Crippen LogP contribution in [-0.2, 0) is 4.74 Å². The number of hydrogen-bond acceptors (Lipinski definition) is 5. The van der Waals surface area contributed by atoms with Gasteiger partial charge in [0, 0.05) is 23.8 Å². The van der Waals surface area contributed by atoms with Crippen LogP contribution in [0.15, 0.2) is 36.7 Å². The second-order valence-electron chi connectivity index (χ2n) is 4.82. The van der Waals surface area contributed by atoms with Gasteiger partial charge in [-0.3, -0.25) is 4.79 Å². The topological polar surface area (TPSA) is 67.4 Å². The SMILES string of the molecule is O=C(c1cnc(Nc2ccc(Cl)cc2)cn1)N1CCOCC1. The summed E-state index contributed by atoms with van der Waals surface area (Å²) in [6, 6.07) is 7.26. The predicted molar refractivity (Wildman–Crippen MR) is 83.5 cm³/mol. The summed E-state index contributed by atoms with van der Waals surface area (Å²) in [5.74, 6) is 0.453. The van der Waals surface area contributed by atoms with Gasteiger partial charge in [0.05, 0.1) is 25.6 Å². The van der Waals surface area contributed by atoms with Gasteiger partial charge in [0.25, 0.3) is 5.91 Å². The summed E-state index contributed by atoms with van der Waals surface area (Å²) in [6.07, 6.45) is 3.03. The van der Waals surface area contributed by atoms with Gasteiger partial charge in [-0.15, -0.1) is 0 Å². The molecular weight excluding hydrogens is 304 g/mol. The molecule has 0 atom stereocenters. The highest BCUT2D eigenvalue weighted by Crippen LogP contribution is 2.17. The van der Waals surface area contributed by atoms with E-state index in [1.54, 1.807) is 23.2 Å². The zero-order valence-corrected chi connectivity index (χ0v) is 12.6. The number of amides is 1. The van der Waals surface area contributed by atoms with E-state index >= 15 is 0 Å². The lowest BCUT2D eigenvalue weighted by atomic mass is 10.3. The molecule has 1 aliphatic heterocycles. The first-order chi connectivity index (χ1) is 10.7. The molecule has 1 saturated heterocycles. The number of benzene rings is 1. The number of nitrogens with zero attached hydrogens (tertiary/aromatic N) is 3. The van der Waals surface area contributed by atoms with Gasteiger partial charge in [-0.1, -0.05) is 11.6 Å². The lowest BCUT2D eigenvalue weighted by Gasteiger charge is -2.26. The molecule has 0 bridgehead atoms. The van der Waals surface area contributed by atoms with Crippen LogP contribution >= 0.6 is 11.6 Å². The minimum Gasteiger partial charge on any atom is -0.378 e. The van der Waals surface area contributed by atoms with Crippen LogP contribution in [0.5, 0.6) is 0 Å². The lowest BCUT2D eigenvalue weighted by molar-refractivity contribution is 0.0298. The molecule has 1 N–H and O–H groups in total. The third kappa shape index (κ3) is 3.52. The van der Waals surface area contributed by atoms with Crippen molar-refractivity contribution in [2.24, 2.45) is 0 Å². The number of carbonyl (C=O) groups excluding carboxylic acids is 1.